The van der Waals surface area contributed by atoms with Crippen LogP contribution >= 0.6 is 0 Å². The SMILES string of the molecule is CN1CCCCC1C(F)F. The second-order valence-corrected chi connectivity index (χ2v) is 2.88. The van der Waals surface area contributed by atoms with Gasteiger partial charge in [0.1, 0.15) is 0 Å². The fourth-order valence-electron chi connectivity index (χ4n) is 1.42. The Morgan fingerprint density at radius 1 is 1.40 bits per heavy atom. The lowest BCUT2D eigenvalue weighted by Crippen LogP contribution is -2.40. The van der Waals surface area contributed by atoms with Crippen molar-refractivity contribution in [3.8, 4) is 0 Å². The Balaban J connectivity index is 2.40. The van der Waals surface area contributed by atoms with Crippen molar-refractivity contribution in [3.05, 3.63) is 0 Å². The largest absolute Gasteiger partial charge is 0.298 e. The number of rotatable bonds is 1. The summed E-state index contributed by atoms with van der Waals surface area (Å²) in [7, 11) is 1.77. The standard InChI is InChI=1S/C7H13F2N/c1-10-5-3-2-4-6(10)7(8)9/h6-7H,2-5H2,1H3. The summed E-state index contributed by atoms with van der Waals surface area (Å²) in [5.41, 5.74) is 0. The molecular formula is C7H13F2N. The Labute approximate surface area is 60.0 Å². The molecule has 1 nitrogen and oxygen atoms in total. The molecule has 0 radical (unpaired) electrons. The molecule has 10 heavy (non-hydrogen) atoms. The molecule has 3 heteroatoms. The van der Waals surface area contributed by atoms with E-state index in [0.29, 0.717) is 6.42 Å². The van der Waals surface area contributed by atoms with Crippen LogP contribution in [-0.4, -0.2) is 31.0 Å². The molecule has 0 amide bonds. The van der Waals surface area contributed by atoms with Gasteiger partial charge in [-0.1, -0.05) is 6.42 Å². The molecule has 0 aromatic heterocycles. The van der Waals surface area contributed by atoms with E-state index in [1.807, 2.05) is 0 Å². The first-order valence-electron chi connectivity index (χ1n) is 3.70. The molecule has 1 aliphatic rings. The minimum Gasteiger partial charge on any atom is -0.298 e. The van der Waals surface area contributed by atoms with E-state index in [9.17, 15) is 8.78 Å². The van der Waals surface area contributed by atoms with Crippen molar-refractivity contribution < 1.29 is 8.78 Å². The summed E-state index contributed by atoms with van der Waals surface area (Å²) < 4.78 is 24.3. The van der Waals surface area contributed by atoms with Crippen molar-refractivity contribution in [2.45, 2.75) is 31.7 Å². The predicted molar refractivity (Wildman–Crippen MR) is 36.3 cm³/mol. The van der Waals surface area contributed by atoms with E-state index in [1.54, 1.807) is 11.9 Å². The molecular weight excluding hydrogens is 136 g/mol. The van der Waals surface area contributed by atoms with Crippen molar-refractivity contribution in [1.82, 2.24) is 4.90 Å². The highest BCUT2D eigenvalue weighted by Crippen LogP contribution is 2.20. The topological polar surface area (TPSA) is 3.24 Å². The number of alkyl halides is 2. The van der Waals surface area contributed by atoms with E-state index in [4.69, 9.17) is 0 Å². The van der Waals surface area contributed by atoms with Crippen LogP contribution in [-0.2, 0) is 0 Å². The Kier molecular flexibility index (Phi) is 2.60. The van der Waals surface area contributed by atoms with E-state index < -0.39 is 12.5 Å². The predicted octanol–water partition coefficient (Wildman–Crippen LogP) is 1.74. The first-order valence-corrected chi connectivity index (χ1v) is 3.70. The van der Waals surface area contributed by atoms with Gasteiger partial charge in [-0.3, -0.25) is 4.90 Å². The zero-order chi connectivity index (χ0) is 7.56. The van der Waals surface area contributed by atoms with Gasteiger partial charge >= 0.3 is 0 Å². The van der Waals surface area contributed by atoms with Crippen LogP contribution in [0.4, 0.5) is 8.78 Å². The molecule has 0 bridgehead atoms. The van der Waals surface area contributed by atoms with Crippen molar-refractivity contribution in [3.63, 3.8) is 0 Å². The molecule has 0 spiro atoms. The van der Waals surface area contributed by atoms with Crippen molar-refractivity contribution in [2.75, 3.05) is 13.6 Å². The van der Waals surface area contributed by atoms with Crippen LogP contribution in [0.1, 0.15) is 19.3 Å². The monoisotopic (exact) mass is 149 g/mol. The molecule has 1 rings (SSSR count). The maximum atomic E-state index is 12.1. The van der Waals surface area contributed by atoms with Crippen LogP contribution in [0.25, 0.3) is 0 Å². The quantitative estimate of drug-likeness (QED) is 0.549. The molecule has 0 aliphatic carbocycles. The molecule has 0 aromatic rings. The van der Waals surface area contributed by atoms with E-state index in [2.05, 4.69) is 0 Å². The van der Waals surface area contributed by atoms with E-state index in [1.165, 1.54) is 0 Å². The normalized spacial score (nSPS) is 29.4. The van der Waals surface area contributed by atoms with Gasteiger partial charge in [-0.15, -0.1) is 0 Å². The average molecular weight is 149 g/mol. The Bertz CT molecular complexity index is 106. The maximum absolute atomic E-state index is 12.1. The fraction of sp³-hybridized carbons (Fsp3) is 1.00. The summed E-state index contributed by atoms with van der Waals surface area (Å²) in [6, 6.07) is -0.478. The molecule has 0 aromatic carbocycles. The van der Waals surface area contributed by atoms with Crippen molar-refractivity contribution in [2.24, 2.45) is 0 Å². The molecule has 1 heterocycles. The molecule has 1 atom stereocenters. The molecule has 1 unspecified atom stereocenters. The first kappa shape index (κ1) is 7.92. The first-order chi connectivity index (χ1) is 4.72. The van der Waals surface area contributed by atoms with Gasteiger partial charge in [0.15, 0.2) is 0 Å². The molecule has 1 saturated heterocycles. The smallest absolute Gasteiger partial charge is 0.253 e. The molecule has 60 valence electrons. The Morgan fingerprint density at radius 3 is 2.50 bits per heavy atom. The summed E-state index contributed by atoms with van der Waals surface area (Å²) >= 11 is 0. The molecule has 0 saturated carbocycles. The van der Waals surface area contributed by atoms with Gasteiger partial charge in [0, 0.05) is 0 Å². The van der Waals surface area contributed by atoms with Gasteiger partial charge in [0.2, 0.25) is 0 Å². The minimum absolute atomic E-state index is 0.478. The Hall–Kier alpha value is -0.180. The van der Waals surface area contributed by atoms with Gasteiger partial charge in [0.05, 0.1) is 6.04 Å². The third kappa shape index (κ3) is 1.66. The van der Waals surface area contributed by atoms with E-state index in [-0.39, 0.29) is 0 Å². The summed E-state index contributed by atoms with van der Waals surface area (Å²) in [5.74, 6) is 0. The van der Waals surface area contributed by atoms with Crippen LogP contribution in [0.3, 0.4) is 0 Å². The zero-order valence-corrected chi connectivity index (χ0v) is 6.19. The summed E-state index contributed by atoms with van der Waals surface area (Å²) in [4.78, 5) is 1.76. The number of nitrogens with zero attached hydrogens (tertiary/aromatic N) is 1. The van der Waals surface area contributed by atoms with E-state index in [0.717, 1.165) is 19.4 Å². The van der Waals surface area contributed by atoms with Crippen LogP contribution in [0.2, 0.25) is 0 Å². The minimum atomic E-state index is -2.16. The lowest BCUT2D eigenvalue weighted by molar-refractivity contribution is 0.0180. The number of piperidine rings is 1. The van der Waals surface area contributed by atoms with Crippen LogP contribution < -0.4 is 0 Å². The van der Waals surface area contributed by atoms with Gasteiger partial charge in [-0.25, -0.2) is 8.78 Å². The van der Waals surface area contributed by atoms with Crippen molar-refractivity contribution >= 4 is 0 Å². The average Bonchev–Trinajstić information content (AvgIpc) is 1.88. The highest BCUT2D eigenvalue weighted by molar-refractivity contribution is 4.75. The number of likely N-dealkylation sites (tertiary alicyclic amines) is 1. The molecule has 1 fully saturated rings. The number of hydrogen-bond donors (Lipinski definition) is 0. The van der Waals surface area contributed by atoms with Gasteiger partial charge < -0.3 is 0 Å². The highest BCUT2D eigenvalue weighted by atomic mass is 19.3. The molecule has 1 aliphatic heterocycles. The lowest BCUT2D eigenvalue weighted by Gasteiger charge is -2.31. The second-order valence-electron chi connectivity index (χ2n) is 2.88. The number of halogens is 2. The van der Waals surface area contributed by atoms with Gasteiger partial charge in [-0.2, -0.15) is 0 Å². The van der Waals surface area contributed by atoms with Crippen LogP contribution in [0.5, 0.6) is 0 Å². The van der Waals surface area contributed by atoms with Crippen LogP contribution in [0.15, 0.2) is 0 Å². The summed E-state index contributed by atoms with van der Waals surface area (Å²) in [5, 5.41) is 0. The maximum Gasteiger partial charge on any atom is 0.253 e. The zero-order valence-electron chi connectivity index (χ0n) is 6.19. The van der Waals surface area contributed by atoms with Crippen LogP contribution in [0, 0.1) is 0 Å². The lowest BCUT2D eigenvalue weighted by atomic mass is 10.0. The third-order valence-corrected chi connectivity index (χ3v) is 2.12. The summed E-state index contributed by atoms with van der Waals surface area (Å²) in [6.45, 7) is 0.828. The number of hydrogen-bond acceptors (Lipinski definition) is 1. The van der Waals surface area contributed by atoms with Gasteiger partial charge in [-0.05, 0) is 26.4 Å². The summed E-state index contributed by atoms with van der Waals surface area (Å²) in [6.07, 6.45) is 0.526. The fourth-order valence-corrected chi connectivity index (χ4v) is 1.42. The molecule has 0 N–H and O–H groups in total. The third-order valence-electron chi connectivity index (χ3n) is 2.12. The highest BCUT2D eigenvalue weighted by Gasteiger charge is 2.26. The van der Waals surface area contributed by atoms with E-state index >= 15 is 0 Å². The van der Waals surface area contributed by atoms with Crippen molar-refractivity contribution in [1.29, 1.82) is 0 Å². The van der Waals surface area contributed by atoms with Gasteiger partial charge in [0.25, 0.3) is 6.43 Å². The second kappa shape index (κ2) is 3.28. The Morgan fingerprint density at radius 2 is 2.10 bits per heavy atom.